The molecule has 76 valence electrons. The topological polar surface area (TPSA) is 46.5 Å². The Kier molecular flexibility index (Phi) is 3.41. The monoisotopic (exact) mass is 212 g/mol. The van der Waals surface area contributed by atoms with Crippen molar-refractivity contribution in [3.05, 3.63) is 23.3 Å². The second kappa shape index (κ2) is 4.37. The molecule has 0 radical (unpaired) electrons. The smallest absolute Gasteiger partial charge is 0.339 e. The fourth-order valence-electron chi connectivity index (χ4n) is 1.22. The average Bonchev–Trinajstić information content (AvgIpc) is 2.16. The van der Waals surface area contributed by atoms with Crippen LogP contribution < -0.4 is 4.74 Å². The van der Waals surface area contributed by atoms with Gasteiger partial charge < -0.3 is 9.84 Å². The van der Waals surface area contributed by atoms with Crippen LogP contribution in [0.4, 0.5) is 0 Å². The van der Waals surface area contributed by atoms with E-state index in [9.17, 15) is 4.79 Å². The van der Waals surface area contributed by atoms with Gasteiger partial charge in [-0.2, -0.15) is 0 Å². The lowest BCUT2D eigenvalue weighted by molar-refractivity contribution is 0.0693. The van der Waals surface area contributed by atoms with Crippen molar-refractivity contribution in [2.24, 2.45) is 0 Å². The summed E-state index contributed by atoms with van der Waals surface area (Å²) in [7, 11) is 1.47. The van der Waals surface area contributed by atoms with Crippen molar-refractivity contribution in [3.63, 3.8) is 0 Å². The molecule has 14 heavy (non-hydrogen) atoms. The Balaban J connectivity index is 3.32. The van der Waals surface area contributed by atoms with Crippen LogP contribution in [0.1, 0.15) is 15.9 Å². The van der Waals surface area contributed by atoms with Gasteiger partial charge in [0.25, 0.3) is 0 Å². The molecule has 0 amide bonds. The van der Waals surface area contributed by atoms with Gasteiger partial charge in [0, 0.05) is 4.90 Å². The van der Waals surface area contributed by atoms with Crippen LogP contribution in [0.2, 0.25) is 0 Å². The summed E-state index contributed by atoms with van der Waals surface area (Å²) in [5.41, 5.74) is 1.24. The van der Waals surface area contributed by atoms with Gasteiger partial charge >= 0.3 is 5.97 Å². The van der Waals surface area contributed by atoms with E-state index in [-0.39, 0.29) is 5.56 Å². The SMILES string of the molecule is COc1cc(C)c(SC)cc1C(=O)O. The summed E-state index contributed by atoms with van der Waals surface area (Å²) in [5, 5.41) is 8.92. The van der Waals surface area contributed by atoms with Gasteiger partial charge in [0.1, 0.15) is 11.3 Å². The highest BCUT2D eigenvalue weighted by atomic mass is 32.2. The molecule has 1 rings (SSSR count). The largest absolute Gasteiger partial charge is 0.496 e. The van der Waals surface area contributed by atoms with E-state index >= 15 is 0 Å². The minimum absolute atomic E-state index is 0.211. The lowest BCUT2D eigenvalue weighted by Crippen LogP contribution is -2.01. The van der Waals surface area contributed by atoms with E-state index in [1.165, 1.54) is 18.9 Å². The second-order valence-corrected chi connectivity index (χ2v) is 3.68. The summed E-state index contributed by atoms with van der Waals surface area (Å²) >= 11 is 1.53. The Morgan fingerprint density at radius 2 is 2.14 bits per heavy atom. The number of rotatable bonds is 3. The Morgan fingerprint density at radius 1 is 1.50 bits per heavy atom. The van der Waals surface area contributed by atoms with Crippen molar-refractivity contribution in [2.75, 3.05) is 13.4 Å². The molecule has 0 fully saturated rings. The Morgan fingerprint density at radius 3 is 2.57 bits per heavy atom. The van der Waals surface area contributed by atoms with Gasteiger partial charge in [-0.3, -0.25) is 0 Å². The number of aromatic carboxylic acids is 1. The van der Waals surface area contributed by atoms with Gasteiger partial charge in [0.15, 0.2) is 0 Å². The third-order valence-electron chi connectivity index (χ3n) is 1.95. The van der Waals surface area contributed by atoms with Crippen LogP contribution in [0.3, 0.4) is 0 Å². The molecule has 0 aliphatic heterocycles. The molecular weight excluding hydrogens is 200 g/mol. The molecule has 0 aromatic heterocycles. The highest BCUT2D eigenvalue weighted by molar-refractivity contribution is 7.98. The van der Waals surface area contributed by atoms with Crippen molar-refractivity contribution in [1.29, 1.82) is 0 Å². The van der Waals surface area contributed by atoms with Crippen LogP contribution in [0, 0.1) is 6.92 Å². The van der Waals surface area contributed by atoms with E-state index in [0.29, 0.717) is 5.75 Å². The van der Waals surface area contributed by atoms with Crippen LogP contribution in [0.15, 0.2) is 17.0 Å². The Bertz CT molecular complexity index is 361. The number of methoxy groups -OCH3 is 1. The number of carboxylic acids is 1. The fraction of sp³-hybridized carbons (Fsp3) is 0.300. The first-order valence-corrected chi connectivity index (χ1v) is 5.28. The zero-order valence-corrected chi connectivity index (χ0v) is 9.14. The van der Waals surface area contributed by atoms with Crippen LogP contribution >= 0.6 is 11.8 Å². The molecule has 1 N–H and O–H groups in total. The van der Waals surface area contributed by atoms with Crippen molar-refractivity contribution in [1.82, 2.24) is 0 Å². The molecule has 0 saturated heterocycles. The van der Waals surface area contributed by atoms with Crippen LogP contribution in [0.25, 0.3) is 0 Å². The number of ether oxygens (including phenoxy) is 1. The maximum Gasteiger partial charge on any atom is 0.339 e. The van der Waals surface area contributed by atoms with Gasteiger partial charge in [-0.1, -0.05) is 0 Å². The zero-order chi connectivity index (χ0) is 10.7. The van der Waals surface area contributed by atoms with Gasteiger partial charge in [0.05, 0.1) is 7.11 Å². The predicted molar refractivity (Wildman–Crippen MR) is 56.5 cm³/mol. The van der Waals surface area contributed by atoms with Crippen LogP contribution in [0.5, 0.6) is 5.75 Å². The number of hydrogen-bond donors (Lipinski definition) is 1. The quantitative estimate of drug-likeness (QED) is 0.782. The molecular formula is C10H12O3S. The molecule has 0 heterocycles. The summed E-state index contributed by atoms with van der Waals surface area (Å²) in [4.78, 5) is 11.8. The van der Waals surface area contributed by atoms with E-state index < -0.39 is 5.97 Å². The molecule has 3 nitrogen and oxygen atoms in total. The minimum Gasteiger partial charge on any atom is -0.496 e. The zero-order valence-electron chi connectivity index (χ0n) is 8.33. The normalized spacial score (nSPS) is 9.93. The van der Waals surface area contributed by atoms with E-state index in [1.807, 2.05) is 13.2 Å². The van der Waals surface area contributed by atoms with Crippen molar-refractivity contribution < 1.29 is 14.6 Å². The lowest BCUT2D eigenvalue weighted by Gasteiger charge is -2.09. The maximum atomic E-state index is 10.9. The Labute approximate surface area is 87.1 Å². The standard InChI is InChI=1S/C10H12O3S/c1-6-4-8(13-2)7(10(11)12)5-9(6)14-3/h4-5H,1-3H3,(H,11,12). The number of thioether (sulfide) groups is 1. The summed E-state index contributed by atoms with van der Waals surface area (Å²) in [6, 6.07) is 3.39. The molecule has 0 unspecified atom stereocenters. The molecule has 0 spiro atoms. The second-order valence-electron chi connectivity index (χ2n) is 2.83. The van der Waals surface area contributed by atoms with E-state index in [4.69, 9.17) is 9.84 Å². The highest BCUT2D eigenvalue weighted by Crippen LogP contribution is 2.28. The van der Waals surface area contributed by atoms with E-state index in [1.54, 1.807) is 12.1 Å². The maximum absolute atomic E-state index is 10.9. The molecule has 4 heteroatoms. The molecule has 1 aromatic carbocycles. The molecule has 1 aromatic rings. The van der Waals surface area contributed by atoms with Gasteiger partial charge in [0.2, 0.25) is 0 Å². The average molecular weight is 212 g/mol. The van der Waals surface area contributed by atoms with Crippen LogP contribution in [-0.4, -0.2) is 24.4 Å². The lowest BCUT2D eigenvalue weighted by atomic mass is 10.1. The molecule has 0 aliphatic rings. The van der Waals surface area contributed by atoms with Crippen molar-refractivity contribution in [2.45, 2.75) is 11.8 Å². The van der Waals surface area contributed by atoms with Gasteiger partial charge in [-0.25, -0.2) is 4.79 Å². The number of benzene rings is 1. The molecule has 0 saturated carbocycles. The number of hydrogen-bond acceptors (Lipinski definition) is 3. The first-order chi connectivity index (χ1) is 6.60. The first kappa shape index (κ1) is 10.9. The molecule has 0 aliphatic carbocycles. The van der Waals surface area contributed by atoms with E-state index in [0.717, 1.165) is 10.5 Å². The van der Waals surface area contributed by atoms with E-state index in [2.05, 4.69) is 0 Å². The number of aryl methyl sites for hydroxylation is 1. The van der Waals surface area contributed by atoms with Crippen molar-refractivity contribution >= 4 is 17.7 Å². The summed E-state index contributed by atoms with van der Waals surface area (Å²) in [6.07, 6.45) is 1.92. The molecule has 0 bridgehead atoms. The van der Waals surface area contributed by atoms with Crippen LogP contribution in [-0.2, 0) is 0 Å². The van der Waals surface area contributed by atoms with Crippen molar-refractivity contribution in [3.8, 4) is 5.75 Å². The fourth-order valence-corrected chi connectivity index (χ4v) is 1.83. The Hall–Kier alpha value is -1.16. The summed E-state index contributed by atoms with van der Waals surface area (Å²) in [5.74, 6) is -0.551. The first-order valence-electron chi connectivity index (χ1n) is 4.06. The van der Waals surface area contributed by atoms with Gasteiger partial charge in [-0.05, 0) is 30.9 Å². The summed E-state index contributed by atoms with van der Waals surface area (Å²) in [6.45, 7) is 1.93. The van der Waals surface area contributed by atoms with Gasteiger partial charge in [-0.15, -0.1) is 11.8 Å². The summed E-state index contributed by atoms with van der Waals surface area (Å²) < 4.78 is 5.00. The highest BCUT2D eigenvalue weighted by Gasteiger charge is 2.13. The third kappa shape index (κ3) is 2.01. The number of carbonyl (C=O) groups is 1. The predicted octanol–water partition coefficient (Wildman–Crippen LogP) is 2.42. The minimum atomic E-state index is -0.961. The third-order valence-corrected chi connectivity index (χ3v) is 2.83. The number of carboxylic acid groups (broad SMARTS) is 1. The molecule has 0 atom stereocenters.